The Bertz CT molecular complexity index is 596. The maximum atomic E-state index is 5.59. The Morgan fingerprint density at radius 1 is 1.30 bits per heavy atom. The highest BCUT2D eigenvalue weighted by atomic mass is 16.4. The van der Waals surface area contributed by atoms with Gasteiger partial charge in [0.25, 0.3) is 0 Å². The van der Waals surface area contributed by atoms with Crippen molar-refractivity contribution in [1.82, 2.24) is 14.8 Å². The maximum absolute atomic E-state index is 5.59. The van der Waals surface area contributed by atoms with E-state index in [1.807, 2.05) is 6.92 Å². The molecule has 3 rings (SSSR count). The minimum absolute atomic E-state index is 0.610. The fourth-order valence-electron chi connectivity index (χ4n) is 3.34. The number of benzene rings is 1. The lowest BCUT2D eigenvalue weighted by atomic mass is 10.1. The van der Waals surface area contributed by atoms with Gasteiger partial charge in [-0.1, -0.05) is 30.3 Å². The lowest BCUT2D eigenvalue weighted by Gasteiger charge is -2.23. The monoisotopic (exact) mass is 313 g/mol. The molecular formula is C19H27N3O. The molecule has 0 saturated carbocycles. The second kappa shape index (κ2) is 7.75. The molecule has 0 N–H and O–H groups in total. The third-order valence-corrected chi connectivity index (χ3v) is 4.71. The van der Waals surface area contributed by atoms with E-state index < -0.39 is 0 Å². The van der Waals surface area contributed by atoms with Gasteiger partial charge in [0.2, 0.25) is 5.89 Å². The number of aryl methyl sites for hydroxylation is 2. The molecule has 0 aliphatic carbocycles. The van der Waals surface area contributed by atoms with E-state index in [9.17, 15) is 0 Å². The van der Waals surface area contributed by atoms with E-state index >= 15 is 0 Å². The van der Waals surface area contributed by atoms with Crippen LogP contribution in [0.15, 0.2) is 40.9 Å². The molecule has 1 aliphatic rings. The number of rotatable bonds is 7. The van der Waals surface area contributed by atoms with Crippen LogP contribution in [0.25, 0.3) is 0 Å². The van der Waals surface area contributed by atoms with Gasteiger partial charge in [0.1, 0.15) is 5.76 Å². The van der Waals surface area contributed by atoms with Crippen LogP contribution in [-0.2, 0) is 13.0 Å². The van der Waals surface area contributed by atoms with Crippen LogP contribution in [-0.4, -0.2) is 47.5 Å². The SMILES string of the molecule is Cc1cnc(CN(C)[C@H]2CCN(CCCc3ccccc3)C2)o1. The molecule has 1 fully saturated rings. The molecule has 2 aromatic rings. The Morgan fingerprint density at radius 2 is 2.13 bits per heavy atom. The zero-order valence-electron chi connectivity index (χ0n) is 14.2. The molecule has 0 unspecified atom stereocenters. The van der Waals surface area contributed by atoms with Crippen LogP contribution < -0.4 is 0 Å². The van der Waals surface area contributed by atoms with Gasteiger partial charge < -0.3 is 9.32 Å². The average molecular weight is 313 g/mol. The van der Waals surface area contributed by atoms with E-state index in [4.69, 9.17) is 4.42 Å². The topological polar surface area (TPSA) is 32.5 Å². The van der Waals surface area contributed by atoms with Crippen LogP contribution in [0.1, 0.15) is 30.1 Å². The summed E-state index contributed by atoms with van der Waals surface area (Å²) in [6, 6.07) is 11.4. The fraction of sp³-hybridized carbons (Fsp3) is 0.526. The highest BCUT2D eigenvalue weighted by Crippen LogP contribution is 2.17. The number of nitrogens with zero attached hydrogens (tertiary/aromatic N) is 3. The Labute approximate surface area is 139 Å². The molecule has 4 nitrogen and oxygen atoms in total. The van der Waals surface area contributed by atoms with Crippen molar-refractivity contribution in [1.29, 1.82) is 0 Å². The van der Waals surface area contributed by atoms with E-state index in [1.54, 1.807) is 6.20 Å². The molecule has 0 amide bonds. The summed E-state index contributed by atoms with van der Waals surface area (Å²) in [5, 5.41) is 0. The zero-order chi connectivity index (χ0) is 16.1. The van der Waals surface area contributed by atoms with Gasteiger partial charge in [0.15, 0.2) is 0 Å². The largest absolute Gasteiger partial charge is 0.445 e. The van der Waals surface area contributed by atoms with Gasteiger partial charge in [-0.3, -0.25) is 4.90 Å². The van der Waals surface area contributed by atoms with E-state index in [-0.39, 0.29) is 0 Å². The number of oxazole rings is 1. The molecule has 1 aromatic heterocycles. The van der Waals surface area contributed by atoms with Crippen LogP contribution >= 0.6 is 0 Å². The van der Waals surface area contributed by atoms with Crippen molar-refractivity contribution in [3.8, 4) is 0 Å². The summed E-state index contributed by atoms with van der Waals surface area (Å²) in [7, 11) is 2.18. The van der Waals surface area contributed by atoms with Gasteiger partial charge in [0.05, 0.1) is 12.7 Å². The predicted molar refractivity (Wildman–Crippen MR) is 92.3 cm³/mol. The summed E-state index contributed by atoms with van der Waals surface area (Å²) in [5.74, 6) is 1.72. The van der Waals surface area contributed by atoms with Crippen LogP contribution in [0.4, 0.5) is 0 Å². The molecule has 0 bridgehead atoms. The third kappa shape index (κ3) is 4.66. The molecule has 0 spiro atoms. The summed E-state index contributed by atoms with van der Waals surface area (Å²) < 4.78 is 5.59. The molecule has 23 heavy (non-hydrogen) atoms. The van der Waals surface area contributed by atoms with Crippen molar-refractivity contribution < 1.29 is 4.42 Å². The average Bonchev–Trinajstić information content (AvgIpc) is 3.18. The first-order valence-corrected chi connectivity index (χ1v) is 8.58. The molecule has 2 heterocycles. The highest BCUT2D eigenvalue weighted by molar-refractivity contribution is 5.14. The van der Waals surface area contributed by atoms with Gasteiger partial charge in [0, 0.05) is 12.6 Å². The summed E-state index contributed by atoms with van der Waals surface area (Å²) in [5.41, 5.74) is 1.44. The minimum Gasteiger partial charge on any atom is -0.445 e. The molecular weight excluding hydrogens is 286 g/mol. The molecule has 1 aliphatic heterocycles. The summed E-state index contributed by atoms with van der Waals surface area (Å²) in [6.45, 7) is 6.30. The van der Waals surface area contributed by atoms with E-state index in [2.05, 4.69) is 52.2 Å². The van der Waals surface area contributed by atoms with Gasteiger partial charge in [-0.25, -0.2) is 4.98 Å². The van der Waals surface area contributed by atoms with E-state index in [0.717, 1.165) is 24.7 Å². The lowest BCUT2D eigenvalue weighted by molar-refractivity contribution is 0.205. The van der Waals surface area contributed by atoms with Gasteiger partial charge in [-0.2, -0.15) is 0 Å². The van der Waals surface area contributed by atoms with Crippen LogP contribution in [0.2, 0.25) is 0 Å². The number of likely N-dealkylation sites (tertiary alicyclic amines) is 1. The molecule has 1 atom stereocenters. The Kier molecular flexibility index (Phi) is 5.47. The Balaban J connectivity index is 1.39. The first-order valence-electron chi connectivity index (χ1n) is 8.58. The molecule has 0 radical (unpaired) electrons. The van der Waals surface area contributed by atoms with Gasteiger partial charge >= 0.3 is 0 Å². The van der Waals surface area contributed by atoms with Crippen LogP contribution in [0.5, 0.6) is 0 Å². The second-order valence-electron chi connectivity index (χ2n) is 6.61. The first-order chi connectivity index (χ1) is 11.2. The van der Waals surface area contributed by atoms with Gasteiger partial charge in [-0.15, -0.1) is 0 Å². The van der Waals surface area contributed by atoms with Crippen molar-refractivity contribution in [2.24, 2.45) is 0 Å². The quantitative estimate of drug-likeness (QED) is 0.786. The van der Waals surface area contributed by atoms with Crippen molar-refractivity contribution in [2.45, 2.75) is 38.8 Å². The molecule has 1 saturated heterocycles. The van der Waals surface area contributed by atoms with Crippen molar-refractivity contribution >= 4 is 0 Å². The highest BCUT2D eigenvalue weighted by Gasteiger charge is 2.25. The van der Waals surface area contributed by atoms with Crippen LogP contribution in [0, 0.1) is 6.92 Å². The van der Waals surface area contributed by atoms with E-state index in [1.165, 1.54) is 37.9 Å². The normalized spacial score (nSPS) is 18.8. The standard InChI is InChI=1S/C19H27N3O/c1-16-13-20-19(23-16)15-21(2)18-10-12-22(14-18)11-6-9-17-7-4-3-5-8-17/h3-5,7-8,13,18H,6,9-12,14-15H2,1-2H3/t18-/m0/s1. The van der Waals surface area contributed by atoms with Crippen LogP contribution in [0.3, 0.4) is 0 Å². The van der Waals surface area contributed by atoms with Crippen molar-refractivity contribution in [2.75, 3.05) is 26.7 Å². The molecule has 124 valence electrons. The smallest absolute Gasteiger partial charge is 0.208 e. The number of hydrogen-bond acceptors (Lipinski definition) is 4. The molecule has 4 heteroatoms. The Hall–Kier alpha value is -1.65. The summed E-state index contributed by atoms with van der Waals surface area (Å²) >= 11 is 0. The first kappa shape index (κ1) is 16.2. The second-order valence-corrected chi connectivity index (χ2v) is 6.61. The number of hydrogen-bond donors (Lipinski definition) is 0. The van der Waals surface area contributed by atoms with Crippen molar-refractivity contribution in [3.63, 3.8) is 0 Å². The van der Waals surface area contributed by atoms with Gasteiger partial charge in [-0.05, 0) is 51.9 Å². The maximum Gasteiger partial charge on any atom is 0.208 e. The third-order valence-electron chi connectivity index (χ3n) is 4.71. The summed E-state index contributed by atoms with van der Waals surface area (Å²) in [6.07, 6.45) is 5.45. The van der Waals surface area contributed by atoms with Crippen molar-refractivity contribution in [3.05, 3.63) is 53.7 Å². The zero-order valence-corrected chi connectivity index (χ0v) is 14.2. The minimum atomic E-state index is 0.610. The Morgan fingerprint density at radius 3 is 2.87 bits per heavy atom. The summed E-state index contributed by atoms with van der Waals surface area (Å²) in [4.78, 5) is 9.27. The molecule has 1 aromatic carbocycles. The lowest BCUT2D eigenvalue weighted by Crippen LogP contribution is -2.34. The number of aromatic nitrogens is 1. The predicted octanol–water partition coefficient (Wildman–Crippen LogP) is 3.12. The number of likely N-dealkylation sites (N-methyl/N-ethyl adjacent to an activating group) is 1. The fourth-order valence-corrected chi connectivity index (χ4v) is 3.34. The van der Waals surface area contributed by atoms with E-state index in [0.29, 0.717) is 6.04 Å².